The molecule has 23 heavy (non-hydrogen) atoms. The van der Waals surface area contributed by atoms with Crippen molar-refractivity contribution in [1.82, 2.24) is 0 Å². The number of carbonyl (C=O) groups is 1. The molecule has 1 heterocycles. The lowest BCUT2D eigenvalue weighted by molar-refractivity contribution is 0.101. The first kappa shape index (κ1) is 15.3. The fourth-order valence-corrected chi connectivity index (χ4v) is 3.33. The van der Waals surface area contributed by atoms with Crippen molar-refractivity contribution in [1.29, 1.82) is 5.26 Å². The van der Waals surface area contributed by atoms with E-state index in [4.69, 9.17) is 5.26 Å². The monoisotopic (exact) mass is 304 g/mol. The van der Waals surface area contributed by atoms with Gasteiger partial charge in [0, 0.05) is 24.3 Å². The van der Waals surface area contributed by atoms with Crippen LogP contribution in [-0.2, 0) is 6.42 Å². The maximum absolute atomic E-state index is 11.9. The van der Waals surface area contributed by atoms with Crippen LogP contribution in [0.1, 0.15) is 34.8 Å². The van der Waals surface area contributed by atoms with E-state index in [9.17, 15) is 4.79 Å². The second kappa shape index (κ2) is 6.66. The maximum atomic E-state index is 11.9. The molecule has 1 aliphatic rings. The van der Waals surface area contributed by atoms with Gasteiger partial charge in [0.15, 0.2) is 5.78 Å². The quantitative estimate of drug-likeness (QED) is 0.806. The number of hydrogen-bond acceptors (Lipinski definition) is 3. The van der Waals surface area contributed by atoms with Crippen LogP contribution in [0.3, 0.4) is 0 Å². The summed E-state index contributed by atoms with van der Waals surface area (Å²) in [6.07, 6.45) is 2.17. The normalized spacial score (nSPS) is 17.0. The molecule has 3 rings (SSSR count). The van der Waals surface area contributed by atoms with Crippen LogP contribution in [0.2, 0.25) is 0 Å². The second-order valence-corrected chi connectivity index (χ2v) is 6.19. The molecule has 0 amide bonds. The number of rotatable bonds is 4. The van der Waals surface area contributed by atoms with E-state index in [0.29, 0.717) is 17.0 Å². The van der Waals surface area contributed by atoms with E-state index in [1.54, 1.807) is 19.1 Å². The van der Waals surface area contributed by atoms with E-state index < -0.39 is 0 Å². The minimum Gasteiger partial charge on any atom is -0.371 e. The van der Waals surface area contributed by atoms with Gasteiger partial charge in [0.1, 0.15) is 0 Å². The average Bonchev–Trinajstić information content (AvgIpc) is 3.03. The molecule has 0 aromatic heterocycles. The Hall–Kier alpha value is -2.60. The lowest BCUT2D eigenvalue weighted by Gasteiger charge is -2.21. The number of carbonyl (C=O) groups excluding carboxylic acids is 1. The average molecular weight is 304 g/mol. The van der Waals surface area contributed by atoms with Gasteiger partial charge in [0.05, 0.1) is 11.6 Å². The molecule has 0 radical (unpaired) electrons. The van der Waals surface area contributed by atoms with Crippen molar-refractivity contribution >= 4 is 11.5 Å². The van der Waals surface area contributed by atoms with E-state index in [1.807, 2.05) is 12.1 Å². The first-order valence-corrected chi connectivity index (χ1v) is 8.01. The van der Waals surface area contributed by atoms with E-state index >= 15 is 0 Å². The van der Waals surface area contributed by atoms with Crippen LogP contribution in [0.15, 0.2) is 48.5 Å². The molecule has 0 saturated carbocycles. The van der Waals surface area contributed by atoms with Crippen LogP contribution in [0, 0.1) is 17.2 Å². The second-order valence-electron chi connectivity index (χ2n) is 6.19. The fourth-order valence-electron chi connectivity index (χ4n) is 3.33. The summed E-state index contributed by atoms with van der Waals surface area (Å²) in [4.78, 5) is 14.1. The van der Waals surface area contributed by atoms with Crippen LogP contribution < -0.4 is 4.90 Å². The molecule has 1 saturated heterocycles. The number of nitrogens with zero attached hydrogens (tertiary/aromatic N) is 2. The van der Waals surface area contributed by atoms with Gasteiger partial charge < -0.3 is 4.90 Å². The van der Waals surface area contributed by atoms with Gasteiger partial charge in [-0.05, 0) is 49.4 Å². The summed E-state index contributed by atoms with van der Waals surface area (Å²) in [6.45, 7) is 3.46. The Balaban J connectivity index is 1.78. The Labute approximate surface area is 137 Å². The molecule has 2 aromatic carbocycles. The van der Waals surface area contributed by atoms with Gasteiger partial charge in [-0.1, -0.05) is 30.3 Å². The number of hydrogen-bond donors (Lipinski definition) is 0. The number of Topliss-reactive ketones (excluding diaryl/α,β-unsaturated/α-hetero) is 1. The van der Waals surface area contributed by atoms with Gasteiger partial charge in [-0.15, -0.1) is 0 Å². The first-order chi connectivity index (χ1) is 11.2. The van der Waals surface area contributed by atoms with Crippen molar-refractivity contribution in [3.05, 3.63) is 65.2 Å². The summed E-state index contributed by atoms with van der Waals surface area (Å²) < 4.78 is 0. The van der Waals surface area contributed by atoms with Gasteiger partial charge in [0.2, 0.25) is 0 Å². The molecule has 3 heteroatoms. The van der Waals surface area contributed by atoms with Crippen molar-refractivity contribution in [3.8, 4) is 6.07 Å². The highest BCUT2D eigenvalue weighted by Gasteiger charge is 2.25. The van der Waals surface area contributed by atoms with E-state index in [0.717, 1.165) is 31.6 Å². The molecular weight excluding hydrogens is 284 g/mol. The smallest absolute Gasteiger partial charge is 0.161 e. The van der Waals surface area contributed by atoms with Gasteiger partial charge in [0.25, 0.3) is 0 Å². The van der Waals surface area contributed by atoms with E-state index in [-0.39, 0.29) is 5.78 Å². The Morgan fingerprint density at radius 3 is 2.74 bits per heavy atom. The summed E-state index contributed by atoms with van der Waals surface area (Å²) in [5.74, 6) is 0.638. The fraction of sp³-hybridized carbons (Fsp3) is 0.300. The van der Waals surface area contributed by atoms with Crippen LogP contribution in [0.4, 0.5) is 5.69 Å². The first-order valence-electron chi connectivity index (χ1n) is 8.01. The third-order valence-corrected chi connectivity index (χ3v) is 4.50. The third kappa shape index (κ3) is 3.43. The summed E-state index contributed by atoms with van der Waals surface area (Å²) >= 11 is 0. The number of benzene rings is 2. The topological polar surface area (TPSA) is 44.1 Å². The van der Waals surface area contributed by atoms with Gasteiger partial charge >= 0.3 is 0 Å². The van der Waals surface area contributed by atoms with Crippen molar-refractivity contribution in [2.75, 3.05) is 18.0 Å². The SMILES string of the molecule is CC(=O)c1ccc(C#N)cc1N1CCC(Cc2ccccc2)C1. The summed E-state index contributed by atoms with van der Waals surface area (Å²) in [5.41, 5.74) is 3.59. The lowest BCUT2D eigenvalue weighted by Crippen LogP contribution is -2.22. The minimum atomic E-state index is 0.0519. The molecule has 0 N–H and O–H groups in total. The molecule has 0 aliphatic carbocycles. The standard InChI is InChI=1S/C20H20N2O/c1-15(23)19-8-7-17(13-21)12-20(19)22-10-9-18(14-22)11-16-5-3-2-4-6-16/h2-8,12,18H,9-11,14H2,1H3. The Morgan fingerprint density at radius 1 is 1.26 bits per heavy atom. The van der Waals surface area contributed by atoms with Crippen molar-refractivity contribution in [3.63, 3.8) is 0 Å². The molecular formula is C20H20N2O. The van der Waals surface area contributed by atoms with Gasteiger partial charge in [-0.25, -0.2) is 0 Å². The summed E-state index contributed by atoms with van der Waals surface area (Å²) in [5, 5.41) is 9.13. The zero-order valence-electron chi connectivity index (χ0n) is 13.3. The summed E-state index contributed by atoms with van der Waals surface area (Å²) in [6, 6.07) is 18.0. The molecule has 0 bridgehead atoms. The predicted octanol–water partition coefficient (Wildman–Crippen LogP) is 3.83. The van der Waals surface area contributed by atoms with Crippen molar-refractivity contribution < 1.29 is 4.79 Å². The molecule has 0 spiro atoms. The molecule has 3 nitrogen and oxygen atoms in total. The van der Waals surface area contributed by atoms with E-state index in [1.165, 1.54) is 5.56 Å². The van der Waals surface area contributed by atoms with Crippen LogP contribution in [0.5, 0.6) is 0 Å². The van der Waals surface area contributed by atoms with Crippen LogP contribution in [0.25, 0.3) is 0 Å². The Morgan fingerprint density at radius 2 is 2.04 bits per heavy atom. The largest absolute Gasteiger partial charge is 0.371 e. The van der Waals surface area contributed by atoms with Crippen LogP contribution >= 0.6 is 0 Å². The lowest BCUT2D eigenvalue weighted by atomic mass is 9.99. The Bertz CT molecular complexity index is 746. The molecule has 1 fully saturated rings. The van der Waals surface area contributed by atoms with Gasteiger partial charge in [-0.3, -0.25) is 4.79 Å². The molecule has 2 aromatic rings. The molecule has 116 valence electrons. The molecule has 1 aliphatic heterocycles. The minimum absolute atomic E-state index is 0.0519. The highest BCUT2D eigenvalue weighted by Crippen LogP contribution is 2.30. The highest BCUT2D eigenvalue weighted by atomic mass is 16.1. The zero-order valence-corrected chi connectivity index (χ0v) is 13.3. The number of ketones is 1. The molecule has 1 atom stereocenters. The zero-order chi connectivity index (χ0) is 16.2. The number of nitriles is 1. The predicted molar refractivity (Wildman–Crippen MR) is 91.6 cm³/mol. The van der Waals surface area contributed by atoms with Crippen LogP contribution in [-0.4, -0.2) is 18.9 Å². The Kier molecular flexibility index (Phi) is 4.43. The maximum Gasteiger partial charge on any atom is 0.161 e. The van der Waals surface area contributed by atoms with Crippen molar-refractivity contribution in [2.45, 2.75) is 19.8 Å². The van der Waals surface area contributed by atoms with Gasteiger partial charge in [-0.2, -0.15) is 5.26 Å². The van der Waals surface area contributed by atoms with Crippen molar-refractivity contribution in [2.24, 2.45) is 5.92 Å². The third-order valence-electron chi connectivity index (χ3n) is 4.50. The number of anilines is 1. The summed E-state index contributed by atoms with van der Waals surface area (Å²) in [7, 11) is 0. The van der Waals surface area contributed by atoms with E-state index in [2.05, 4.69) is 35.2 Å². The molecule has 1 unspecified atom stereocenters. The highest BCUT2D eigenvalue weighted by molar-refractivity contribution is 6.00.